The molecule has 0 aliphatic heterocycles. The maximum absolute atomic E-state index is 13.7. The van der Waals surface area contributed by atoms with Gasteiger partial charge in [-0.2, -0.15) is 13.2 Å². The van der Waals surface area contributed by atoms with E-state index in [0.29, 0.717) is 22.9 Å². The molecule has 0 atom stereocenters. The van der Waals surface area contributed by atoms with Gasteiger partial charge in [-0.1, -0.05) is 0 Å². The summed E-state index contributed by atoms with van der Waals surface area (Å²) < 4.78 is 43.7. The molecule has 0 unspecified atom stereocenters. The van der Waals surface area contributed by atoms with Crippen LogP contribution in [-0.4, -0.2) is 51.0 Å². The highest BCUT2D eigenvalue weighted by atomic mass is 19.4. The Morgan fingerprint density at radius 3 is 2.32 bits per heavy atom. The van der Waals surface area contributed by atoms with E-state index < -0.39 is 23.6 Å². The number of benzene rings is 1. The Morgan fingerprint density at radius 1 is 1.00 bits per heavy atom. The van der Waals surface area contributed by atoms with E-state index in [4.69, 9.17) is 5.73 Å². The van der Waals surface area contributed by atoms with E-state index in [2.05, 4.69) is 24.7 Å². The number of fused-ring (bicyclic) bond motifs is 1. The lowest BCUT2D eigenvalue weighted by Crippen LogP contribution is -2.45. The van der Waals surface area contributed by atoms with Crippen molar-refractivity contribution in [2.75, 3.05) is 24.9 Å². The van der Waals surface area contributed by atoms with E-state index in [-0.39, 0.29) is 29.3 Å². The van der Waals surface area contributed by atoms with Crippen molar-refractivity contribution in [2.24, 2.45) is 0 Å². The fraction of sp³-hybridized carbons (Fsp3) is 0.200. The minimum atomic E-state index is -4.55. The van der Waals surface area contributed by atoms with E-state index in [1.807, 2.05) is 0 Å². The molecule has 4 rings (SSSR count). The lowest BCUT2D eigenvalue weighted by Gasteiger charge is -2.31. The molecule has 38 heavy (non-hydrogen) atoms. The first-order chi connectivity index (χ1) is 18.0. The van der Waals surface area contributed by atoms with Crippen LogP contribution in [0.15, 0.2) is 55.0 Å². The van der Waals surface area contributed by atoms with Crippen molar-refractivity contribution >= 4 is 34.5 Å². The third kappa shape index (κ3) is 5.45. The monoisotopic (exact) mass is 525 g/mol. The molecule has 0 saturated heterocycles. The van der Waals surface area contributed by atoms with Crippen LogP contribution < -0.4 is 10.7 Å². The van der Waals surface area contributed by atoms with Crippen LogP contribution in [0.1, 0.15) is 37.5 Å². The number of rotatable bonds is 6. The van der Waals surface area contributed by atoms with E-state index in [9.17, 15) is 22.8 Å². The first-order valence-electron chi connectivity index (χ1n) is 11.1. The molecule has 2 N–H and O–H groups in total. The highest BCUT2D eigenvalue weighted by Crippen LogP contribution is 2.29. The molecular weight excluding hydrogens is 503 g/mol. The lowest BCUT2D eigenvalue weighted by atomic mass is 10.1. The molecule has 3 heterocycles. The molecule has 1 aromatic carbocycles. The van der Waals surface area contributed by atoms with Crippen LogP contribution in [0.4, 0.5) is 24.9 Å². The van der Waals surface area contributed by atoms with Crippen LogP contribution in [-0.2, 0) is 17.5 Å². The summed E-state index contributed by atoms with van der Waals surface area (Å²) >= 11 is 0. The molecule has 196 valence electrons. The predicted molar refractivity (Wildman–Crippen MR) is 132 cm³/mol. The van der Waals surface area contributed by atoms with Gasteiger partial charge in [0.1, 0.15) is 5.82 Å². The van der Waals surface area contributed by atoms with Crippen molar-refractivity contribution in [2.45, 2.75) is 19.6 Å². The number of carbonyl (C=O) groups is 2. The number of alkyl halides is 3. The molecule has 0 aliphatic rings. The van der Waals surface area contributed by atoms with Crippen LogP contribution in [0.2, 0.25) is 0 Å². The number of nitrogens with two attached hydrogens (primary N) is 1. The number of ether oxygens (including phenoxy) is 1. The van der Waals surface area contributed by atoms with Gasteiger partial charge in [0.25, 0.3) is 5.91 Å². The highest BCUT2D eigenvalue weighted by Gasteiger charge is 2.31. The minimum Gasteiger partial charge on any atom is -0.465 e. The van der Waals surface area contributed by atoms with E-state index >= 15 is 0 Å². The number of aryl methyl sites for hydroxylation is 1. The zero-order valence-corrected chi connectivity index (χ0v) is 20.5. The molecule has 0 radical (unpaired) electrons. The quantitative estimate of drug-likeness (QED) is 0.295. The zero-order valence-electron chi connectivity index (χ0n) is 20.5. The molecular formula is C25H22F3N7O3. The second-order valence-electron chi connectivity index (χ2n) is 8.28. The Morgan fingerprint density at radius 2 is 1.71 bits per heavy atom. The number of halogens is 3. The van der Waals surface area contributed by atoms with Crippen molar-refractivity contribution in [3.05, 3.63) is 82.9 Å². The van der Waals surface area contributed by atoms with E-state index in [1.165, 1.54) is 42.6 Å². The van der Waals surface area contributed by atoms with Crippen LogP contribution in [0.5, 0.6) is 0 Å². The number of nitrogens with zero attached hydrogens (tertiary/aromatic N) is 6. The van der Waals surface area contributed by atoms with Gasteiger partial charge in [-0.15, -0.1) is 0 Å². The summed E-state index contributed by atoms with van der Waals surface area (Å²) in [7, 11) is 2.72. The van der Waals surface area contributed by atoms with Gasteiger partial charge in [-0.05, 0) is 48.9 Å². The number of hydrogen-bond donors (Lipinski definition) is 1. The molecule has 0 saturated carbocycles. The van der Waals surface area contributed by atoms with Crippen LogP contribution in [0.3, 0.4) is 0 Å². The average molecular weight is 525 g/mol. The highest BCUT2D eigenvalue weighted by molar-refractivity contribution is 5.99. The standard InChI is InChI=1S/C25H22F3N7O3/c1-14-8-16-9-15(4-7-20(16)33-21(14)29)22(36)35(13-19-6-5-18(12-30-19)25(26,27)28)34(2)24-31-10-17(11-32-24)23(37)38-3/h4-12H,13H2,1-3H3,(H2,29,33). The Kier molecular flexibility index (Phi) is 7.10. The number of esters is 1. The number of hydrazine groups is 1. The minimum absolute atomic E-state index is 0.0454. The topological polar surface area (TPSA) is 127 Å². The predicted octanol–water partition coefficient (Wildman–Crippen LogP) is 3.81. The van der Waals surface area contributed by atoms with Crippen LogP contribution in [0.25, 0.3) is 10.9 Å². The molecule has 4 aromatic rings. The smallest absolute Gasteiger partial charge is 0.417 e. The van der Waals surface area contributed by atoms with Gasteiger partial charge in [0.15, 0.2) is 0 Å². The van der Waals surface area contributed by atoms with Gasteiger partial charge in [0.05, 0.1) is 36.0 Å². The van der Waals surface area contributed by atoms with Crippen LogP contribution >= 0.6 is 0 Å². The first kappa shape index (κ1) is 26.3. The van der Waals surface area contributed by atoms with Crippen molar-refractivity contribution in [3.8, 4) is 0 Å². The number of carbonyl (C=O) groups excluding carboxylic acids is 2. The Balaban J connectivity index is 1.71. The summed E-state index contributed by atoms with van der Waals surface area (Å²) in [4.78, 5) is 41.9. The lowest BCUT2D eigenvalue weighted by molar-refractivity contribution is -0.137. The van der Waals surface area contributed by atoms with E-state index in [0.717, 1.165) is 11.6 Å². The first-order valence-corrected chi connectivity index (χ1v) is 11.1. The van der Waals surface area contributed by atoms with Crippen molar-refractivity contribution in [1.82, 2.24) is 24.9 Å². The number of methoxy groups -OCH3 is 1. The largest absolute Gasteiger partial charge is 0.465 e. The van der Waals surface area contributed by atoms with Gasteiger partial charge in [0, 0.05) is 36.6 Å². The molecule has 13 heteroatoms. The Labute approximate surface area is 214 Å². The molecule has 0 spiro atoms. The van der Waals surface area contributed by atoms with Crippen molar-refractivity contribution < 1.29 is 27.5 Å². The second kappa shape index (κ2) is 10.3. The molecule has 3 aromatic heterocycles. The van der Waals surface area contributed by atoms with Gasteiger partial charge in [-0.3, -0.25) is 14.8 Å². The summed E-state index contributed by atoms with van der Waals surface area (Å²) in [5, 5.41) is 3.22. The number of anilines is 2. The summed E-state index contributed by atoms with van der Waals surface area (Å²) in [6.07, 6.45) is -1.38. The maximum atomic E-state index is 13.7. The molecule has 10 nitrogen and oxygen atoms in total. The number of hydrogen-bond acceptors (Lipinski definition) is 9. The van der Waals surface area contributed by atoms with Crippen LogP contribution in [0, 0.1) is 6.92 Å². The van der Waals surface area contributed by atoms with Crippen molar-refractivity contribution in [3.63, 3.8) is 0 Å². The SMILES string of the molecule is COC(=O)c1cnc(N(C)N(Cc2ccc(C(F)(F)F)cn2)C(=O)c2ccc3nc(N)c(C)cc3c2)nc1. The van der Waals surface area contributed by atoms with E-state index in [1.54, 1.807) is 31.2 Å². The maximum Gasteiger partial charge on any atom is 0.417 e. The molecule has 1 amide bonds. The second-order valence-corrected chi connectivity index (χ2v) is 8.28. The summed E-state index contributed by atoms with van der Waals surface area (Å²) in [5.74, 6) is -0.726. The zero-order chi connectivity index (χ0) is 27.6. The fourth-order valence-electron chi connectivity index (χ4n) is 3.55. The average Bonchev–Trinajstić information content (AvgIpc) is 2.90. The number of pyridine rings is 2. The van der Waals surface area contributed by atoms with Gasteiger partial charge < -0.3 is 10.5 Å². The third-order valence-electron chi connectivity index (χ3n) is 5.70. The molecule has 0 fully saturated rings. The number of amides is 1. The Bertz CT molecular complexity index is 1490. The fourth-order valence-corrected chi connectivity index (χ4v) is 3.55. The van der Waals surface area contributed by atoms with Gasteiger partial charge in [0.2, 0.25) is 5.95 Å². The molecule has 0 bridgehead atoms. The Hall–Kier alpha value is -4.81. The number of nitrogen functional groups attached to an aromatic ring is 1. The number of aromatic nitrogens is 4. The van der Waals surface area contributed by atoms with Gasteiger partial charge in [-0.25, -0.2) is 24.8 Å². The summed E-state index contributed by atoms with van der Waals surface area (Å²) in [6, 6.07) is 8.73. The normalized spacial score (nSPS) is 11.3. The van der Waals surface area contributed by atoms with Crippen molar-refractivity contribution in [1.29, 1.82) is 0 Å². The summed E-state index contributed by atoms with van der Waals surface area (Å²) in [6.45, 7) is 1.59. The molecule has 0 aliphatic carbocycles. The van der Waals surface area contributed by atoms with Gasteiger partial charge >= 0.3 is 12.1 Å². The summed E-state index contributed by atoms with van der Waals surface area (Å²) in [5.41, 5.74) is 6.87. The third-order valence-corrected chi connectivity index (χ3v) is 5.70.